The molecule has 32 heavy (non-hydrogen) atoms. The zero-order chi connectivity index (χ0) is 21.0. The van der Waals surface area contributed by atoms with Crippen molar-refractivity contribution in [3.05, 3.63) is 132 Å². The molecule has 4 rings (SSSR count). The molecule has 0 aliphatic carbocycles. The molecule has 4 aromatic carbocycles. The molecule has 0 aliphatic heterocycles. The molecule has 0 aromatic heterocycles. The molecule has 0 heterocycles. The smallest absolute Gasteiger partial charge is 0.00353 e. The van der Waals surface area contributed by atoms with Gasteiger partial charge in [-0.05, 0) is 47.4 Å². The number of benzene rings is 4. The lowest BCUT2D eigenvalue weighted by Gasteiger charge is -2.12. The van der Waals surface area contributed by atoms with Gasteiger partial charge in [0, 0.05) is 0 Å². The van der Waals surface area contributed by atoms with Crippen molar-refractivity contribution in [1.82, 2.24) is 0 Å². The van der Waals surface area contributed by atoms with Gasteiger partial charge in [-0.1, -0.05) is 137 Å². The van der Waals surface area contributed by atoms with E-state index >= 15 is 0 Å². The molecule has 4 heteroatoms. The zero-order valence-electron chi connectivity index (χ0n) is 18.7. The molecule has 0 spiro atoms. The minimum absolute atomic E-state index is 0. The molecule has 0 saturated carbocycles. The van der Waals surface area contributed by atoms with E-state index < -0.39 is 0 Å². The van der Waals surface area contributed by atoms with Gasteiger partial charge in [0.25, 0.3) is 0 Å². The molecule has 0 radical (unpaired) electrons. The van der Waals surface area contributed by atoms with Crippen molar-refractivity contribution in [1.29, 1.82) is 0 Å². The zero-order valence-corrected chi connectivity index (χ0v) is 22.1. The number of halogens is 2. The molecular formula is C28H32Cl2P2. The predicted molar refractivity (Wildman–Crippen MR) is 153 cm³/mol. The summed E-state index contributed by atoms with van der Waals surface area (Å²) in [7, 11) is -0.104. The van der Waals surface area contributed by atoms with Crippen molar-refractivity contribution < 1.29 is 0 Å². The Kier molecular flexibility index (Phi) is 14.2. The fourth-order valence-corrected chi connectivity index (χ4v) is 6.51. The molecule has 0 N–H and O–H groups in total. The highest BCUT2D eigenvalue weighted by Gasteiger charge is 2.05. The van der Waals surface area contributed by atoms with Gasteiger partial charge in [-0.15, -0.1) is 24.8 Å². The average Bonchev–Trinajstić information content (AvgIpc) is 2.82. The van der Waals surface area contributed by atoms with Crippen molar-refractivity contribution in [2.24, 2.45) is 0 Å². The molecule has 4 aromatic rings. The van der Waals surface area contributed by atoms with Crippen LogP contribution in [0.5, 0.6) is 0 Å². The molecular weight excluding hydrogens is 469 g/mol. The molecule has 168 valence electrons. The highest BCUT2D eigenvalue weighted by atomic mass is 35.5. The van der Waals surface area contributed by atoms with Crippen molar-refractivity contribution >= 4 is 51.3 Å². The van der Waals surface area contributed by atoms with E-state index in [4.69, 9.17) is 0 Å². The molecule has 0 bridgehead atoms. The molecule has 0 saturated heterocycles. The summed E-state index contributed by atoms with van der Waals surface area (Å²) < 4.78 is 0. The van der Waals surface area contributed by atoms with Crippen LogP contribution in [0.2, 0.25) is 0 Å². The van der Waals surface area contributed by atoms with E-state index in [1.54, 1.807) is 0 Å². The van der Waals surface area contributed by atoms with Gasteiger partial charge < -0.3 is 0 Å². The Morgan fingerprint density at radius 2 is 0.656 bits per heavy atom. The van der Waals surface area contributed by atoms with Crippen molar-refractivity contribution in [3.63, 3.8) is 0 Å². The van der Waals surface area contributed by atoms with Crippen LogP contribution in [0.15, 0.2) is 121 Å². The Hall–Kier alpha value is -1.68. The van der Waals surface area contributed by atoms with Gasteiger partial charge in [-0.3, -0.25) is 0 Å². The molecule has 0 nitrogen and oxygen atoms in total. The van der Waals surface area contributed by atoms with Crippen LogP contribution in [0.3, 0.4) is 0 Å². The van der Waals surface area contributed by atoms with Crippen LogP contribution in [-0.4, -0.2) is 13.3 Å². The Labute approximate surface area is 208 Å². The first-order valence-corrected chi connectivity index (χ1v) is 14.3. The van der Waals surface area contributed by atoms with E-state index in [1.165, 1.54) is 34.1 Å². The highest BCUT2D eigenvalue weighted by Crippen LogP contribution is 2.34. The van der Waals surface area contributed by atoms with E-state index in [0.717, 1.165) is 0 Å². The van der Waals surface area contributed by atoms with E-state index in [9.17, 15) is 0 Å². The molecule has 2 atom stereocenters. The maximum Gasteiger partial charge on any atom is -0.00353 e. The highest BCUT2D eigenvalue weighted by molar-refractivity contribution is 7.64. The van der Waals surface area contributed by atoms with Crippen LogP contribution in [0.1, 0.15) is 11.1 Å². The topological polar surface area (TPSA) is 0 Å². The normalized spacial score (nSPS) is 11.6. The third-order valence-corrected chi connectivity index (χ3v) is 8.96. The van der Waals surface area contributed by atoms with Crippen LogP contribution in [-0.2, 0) is 12.3 Å². The largest absolute Gasteiger partial charge is 0.147 e. The first-order chi connectivity index (χ1) is 14.7. The summed E-state index contributed by atoms with van der Waals surface area (Å²) in [5, 5.41) is 2.97. The van der Waals surface area contributed by atoms with Gasteiger partial charge in [-0.2, -0.15) is 0 Å². The van der Waals surface area contributed by atoms with Gasteiger partial charge >= 0.3 is 0 Å². The van der Waals surface area contributed by atoms with Gasteiger partial charge in [0.1, 0.15) is 0 Å². The third kappa shape index (κ3) is 9.85. The summed E-state index contributed by atoms with van der Waals surface area (Å²) in [5.74, 6) is 0. The maximum absolute atomic E-state index is 2.34. The summed E-state index contributed by atoms with van der Waals surface area (Å²) in [6.07, 6.45) is 2.36. The SMILES string of the molecule is CP(Cc1ccccc1)c1ccccc1.CP(Cc1ccccc1)c1ccccc1.Cl.Cl. The third-order valence-electron chi connectivity index (χ3n) is 4.92. The summed E-state index contributed by atoms with van der Waals surface area (Å²) in [6.45, 7) is 4.69. The molecule has 2 unspecified atom stereocenters. The molecule has 0 fully saturated rings. The van der Waals surface area contributed by atoms with Crippen LogP contribution in [0, 0.1) is 0 Å². The summed E-state index contributed by atoms with van der Waals surface area (Å²) in [5.41, 5.74) is 2.88. The molecule has 0 aliphatic rings. The van der Waals surface area contributed by atoms with E-state index in [1.807, 2.05) is 0 Å². The second kappa shape index (κ2) is 16.0. The Morgan fingerprint density at radius 3 is 0.938 bits per heavy atom. The minimum atomic E-state index is -0.0520. The maximum atomic E-state index is 2.34. The van der Waals surface area contributed by atoms with E-state index in [2.05, 4.69) is 135 Å². The quantitative estimate of drug-likeness (QED) is 0.234. The number of rotatable bonds is 6. The first kappa shape index (κ1) is 28.4. The molecule has 0 amide bonds. The van der Waals surface area contributed by atoms with Crippen LogP contribution < -0.4 is 10.6 Å². The van der Waals surface area contributed by atoms with E-state index in [0.29, 0.717) is 0 Å². The lowest BCUT2D eigenvalue weighted by molar-refractivity contribution is 1.40. The van der Waals surface area contributed by atoms with Crippen molar-refractivity contribution in [2.45, 2.75) is 12.3 Å². The Morgan fingerprint density at radius 1 is 0.406 bits per heavy atom. The lowest BCUT2D eigenvalue weighted by Crippen LogP contribution is -2.00. The van der Waals surface area contributed by atoms with Crippen LogP contribution in [0.4, 0.5) is 0 Å². The van der Waals surface area contributed by atoms with Crippen LogP contribution in [0.25, 0.3) is 0 Å². The van der Waals surface area contributed by atoms with Gasteiger partial charge in [0.15, 0.2) is 0 Å². The van der Waals surface area contributed by atoms with Gasteiger partial charge in [0.2, 0.25) is 0 Å². The van der Waals surface area contributed by atoms with Gasteiger partial charge in [-0.25, -0.2) is 0 Å². The average molecular weight is 501 g/mol. The monoisotopic (exact) mass is 500 g/mol. The standard InChI is InChI=1S/2C14H15P.2ClH/c2*1-15(14-10-6-3-7-11-14)12-13-8-4-2-5-9-13;;/h2*2-11H,12H2,1H3;2*1H. The fourth-order valence-electron chi connectivity index (χ4n) is 3.26. The Bertz CT molecular complexity index is 882. The fraction of sp³-hybridized carbons (Fsp3) is 0.143. The first-order valence-electron chi connectivity index (χ1n) is 10.3. The minimum Gasteiger partial charge on any atom is -0.147 e. The summed E-state index contributed by atoms with van der Waals surface area (Å²) in [6, 6.07) is 43.0. The van der Waals surface area contributed by atoms with E-state index in [-0.39, 0.29) is 40.7 Å². The Balaban J connectivity index is 0.000000301. The summed E-state index contributed by atoms with van der Waals surface area (Å²) >= 11 is 0. The summed E-state index contributed by atoms with van der Waals surface area (Å²) in [4.78, 5) is 0. The number of hydrogen-bond donors (Lipinski definition) is 0. The van der Waals surface area contributed by atoms with Gasteiger partial charge in [0.05, 0.1) is 0 Å². The van der Waals surface area contributed by atoms with Crippen LogP contribution >= 0.6 is 40.7 Å². The van der Waals surface area contributed by atoms with Crippen molar-refractivity contribution in [3.8, 4) is 0 Å². The predicted octanol–water partition coefficient (Wildman–Crippen LogP) is 8.09. The number of hydrogen-bond acceptors (Lipinski definition) is 0. The second-order valence-electron chi connectivity index (χ2n) is 7.35. The second-order valence-corrected chi connectivity index (χ2v) is 11.8. The van der Waals surface area contributed by atoms with Crippen molar-refractivity contribution in [2.75, 3.05) is 13.3 Å². The lowest BCUT2D eigenvalue weighted by atomic mass is 10.2.